The molecule has 0 saturated heterocycles. The van der Waals surface area contributed by atoms with Gasteiger partial charge >= 0.3 is 0 Å². The van der Waals surface area contributed by atoms with Crippen molar-refractivity contribution in [2.24, 2.45) is 0 Å². The summed E-state index contributed by atoms with van der Waals surface area (Å²) in [6.45, 7) is 0.613. The maximum atomic E-state index is 13.5. The smallest absolute Gasteiger partial charge is 0.206 e. The van der Waals surface area contributed by atoms with E-state index in [1.165, 1.54) is 17.7 Å². The van der Waals surface area contributed by atoms with Crippen molar-refractivity contribution in [3.05, 3.63) is 94.5 Å². The molecular weight excluding hydrogens is 444 g/mol. The largest absolute Gasteiger partial charge is 0.497 e. The highest BCUT2D eigenvalue weighted by Gasteiger charge is 2.20. The van der Waals surface area contributed by atoms with Gasteiger partial charge in [-0.15, -0.1) is 11.3 Å². The van der Waals surface area contributed by atoms with E-state index >= 15 is 0 Å². The van der Waals surface area contributed by atoms with Crippen LogP contribution in [0.5, 0.6) is 5.75 Å². The van der Waals surface area contributed by atoms with Gasteiger partial charge in [-0.25, -0.2) is 15.0 Å². The molecule has 0 aliphatic heterocycles. The van der Waals surface area contributed by atoms with Crippen LogP contribution in [0.1, 0.15) is 20.8 Å². The van der Waals surface area contributed by atoms with Gasteiger partial charge in [0.25, 0.3) is 0 Å². The van der Waals surface area contributed by atoms with Crippen molar-refractivity contribution < 1.29 is 9.53 Å². The monoisotopic (exact) mass is 460 g/mol. The number of methoxy groups -OCH3 is 1. The van der Waals surface area contributed by atoms with Gasteiger partial charge in [0.1, 0.15) is 22.8 Å². The minimum Gasteiger partial charge on any atom is -0.497 e. The Morgan fingerprint density at radius 1 is 1.12 bits per heavy atom. The van der Waals surface area contributed by atoms with Crippen LogP contribution in [0.4, 0.5) is 0 Å². The minimum atomic E-state index is -0.0871. The van der Waals surface area contributed by atoms with Crippen molar-refractivity contribution in [2.45, 2.75) is 6.54 Å². The molecule has 0 atom stereocenters. The summed E-state index contributed by atoms with van der Waals surface area (Å²) >= 11 is 7.34. The quantitative estimate of drug-likeness (QED) is 0.313. The molecule has 3 aromatic heterocycles. The zero-order chi connectivity index (χ0) is 22.1. The standard InChI is InChI=1S/C24H17ClN4O2S/c1-31-17-6-7-21-18(10-17)19(13-29(21)12-15-2-4-16(25)5-3-15)23(30)22-11-27-24(32-22)20-8-9-26-14-28-20/h2-11,13-14H,12H2,1H3. The Morgan fingerprint density at radius 3 is 2.72 bits per heavy atom. The Balaban J connectivity index is 1.56. The lowest BCUT2D eigenvalue weighted by atomic mass is 10.1. The molecular formula is C24H17ClN4O2S. The van der Waals surface area contributed by atoms with Gasteiger partial charge in [-0.05, 0) is 42.0 Å². The van der Waals surface area contributed by atoms with Gasteiger partial charge in [-0.3, -0.25) is 4.79 Å². The molecule has 8 heteroatoms. The molecule has 0 radical (unpaired) electrons. The van der Waals surface area contributed by atoms with Crippen LogP contribution in [0.15, 0.2) is 73.4 Å². The lowest BCUT2D eigenvalue weighted by Crippen LogP contribution is -1.99. The molecule has 3 heterocycles. The molecule has 0 aliphatic carbocycles. The molecule has 0 amide bonds. The maximum absolute atomic E-state index is 13.5. The second kappa shape index (κ2) is 8.53. The van der Waals surface area contributed by atoms with Gasteiger partial charge in [0.2, 0.25) is 5.78 Å². The van der Waals surface area contributed by atoms with E-state index in [0.29, 0.717) is 38.5 Å². The lowest BCUT2D eigenvalue weighted by molar-refractivity contribution is 0.104. The molecule has 0 aliphatic rings. The van der Waals surface area contributed by atoms with E-state index in [2.05, 4.69) is 19.5 Å². The first-order chi connectivity index (χ1) is 15.6. The fraction of sp³-hybridized carbons (Fsp3) is 0.0833. The maximum Gasteiger partial charge on any atom is 0.206 e. The number of carbonyl (C=O) groups excluding carboxylic acids is 1. The predicted octanol–water partition coefficient (Wildman–Crippen LogP) is 5.50. The van der Waals surface area contributed by atoms with E-state index in [9.17, 15) is 4.79 Å². The number of halogens is 1. The van der Waals surface area contributed by atoms with Gasteiger partial charge in [0.15, 0.2) is 0 Å². The normalized spacial score (nSPS) is 11.1. The molecule has 0 unspecified atom stereocenters. The molecule has 0 bridgehead atoms. The summed E-state index contributed by atoms with van der Waals surface area (Å²) in [5, 5.41) is 2.20. The van der Waals surface area contributed by atoms with Crippen LogP contribution < -0.4 is 4.74 Å². The lowest BCUT2D eigenvalue weighted by Gasteiger charge is -2.06. The number of aromatic nitrogens is 4. The topological polar surface area (TPSA) is 69.9 Å². The van der Waals surface area contributed by atoms with Crippen molar-refractivity contribution in [1.29, 1.82) is 0 Å². The minimum absolute atomic E-state index is 0.0871. The number of benzene rings is 2. The number of fused-ring (bicyclic) bond motifs is 1. The second-order valence-corrected chi connectivity index (χ2v) is 8.60. The van der Waals surface area contributed by atoms with Crippen molar-refractivity contribution in [3.8, 4) is 16.5 Å². The average molecular weight is 461 g/mol. The van der Waals surface area contributed by atoms with E-state index in [1.54, 1.807) is 25.6 Å². The third-order valence-electron chi connectivity index (χ3n) is 5.13. The number of thiazole rings is 1. The molecule has 0 saturated carbocycles. The van der Waals surface area contributed by atoms with E-state index in [-0.39, 0.29) is 5.78 Å². The highest BCUT2D eigenvalue weighted by Crippen LogP contribution is 2.31. The average Bonchev–Trinajstić information content (AvgIpc) is 3.46. The fourth-order valence-electron chi connectivity index (χ4n) is 3.55. The van der Waals surface area contributed by atoms with Gasteiger partial charge in [0, 0.05) is 46.6 Å². The summed E-state index contributed by atoms with van der Waals surface area (Å²) in [7, 11) is 1.62. The summed E-state index contributed by atoms with van der Waals surface area (Å²) < 4.78 is 7.47. The molecule has 2 aromatic carbocycles. The molecule has 6 nitrogen and oxygen atoms in total. The molecule has 5 rings (SSSR count). The first-order valence-electron chi connectivity index (χ1n) is 9.80. The van der Waals surface area contributed by atoms with Gasteiger partial charge in [-0.1, -0.05) is 23.7 Å². The highest BCUT2D eigenvalue weighted by molar-refractivity contribution is 7.17. The molecule has 5 aromatic rings. The van der Waals surface area contributed by atoms with E-state index in [1.807, 2.05) is 48.7 Å². The van der Waals surface area contributed by atoms with Gasteiger partial charge in [-0.2, -0.15) is 0 Å². The fourth-order valence-corrected chi connectivity index (χ4v) is 4.52. The van der Waals surface area contributed by atoms with Crippen molar-refractivity contribution in [2.75, 3.05) is 7.11 Å². The van der Waals surface area contributed by atoms with Crippen molar-refractivity contribution in [1.82, 2.24) is 19.5 Å². The molecule has 158 valence electrons. The Hall–Kier alpha value is -3.55. The zero-order valence-corrected chi connectivity index (χ0v) is 18.6. The summed E-state index contributed by atoms with van der Waals surface area (Å²) in [5.41, 5.74) is 3.33. The third kappa shape index (κ3) is 3.88. The Kier molecular flexibility index (Phi) is 5.43. The number of rotatable bonds is 6. The second-order valence-electron chi connectivity index (χ2n) is 7.13. The molecule has 0 spiro atoms. The molecule has 0 fully saturated rings. The Labute approximate surface area is 193 Å². The number of hydrogen-bond acceptors (Lipinski definition) is 6. The molecule has 0 N–H and O–H groups in total. The van der Waals surface area contributed by atoms with Crippen molar-refractivity contribution >= 4 is 39.6 Å². The first-order valence-corrected chi connectivity index (χ1v) is 11.0. The third-order valence-corrected chi connectivity index (χ3v) is 6.40. The number of carbonyl (C=O) groups is 1. The Morgan fingerprint density at radius 2 is 1.97 bits per heavy atom. The number of ketones is 1. The highest BCUT2D eigenvalue weighted by atomic mass is 35.5. The van der Waals surface area contributed by atoms with Crippen LogP contribution in [-0.2, 0) is 6.54 Å². The molecule has 32 heavy (non-hydrogen) atoms. The number of hydrogen-bond donors (Lipinski definition) is 0. The van der Waals surface area contributed by atoms with E-state index in [4.69, 9.17) is 16.3 Å². The summed E-state index contributed by atoms with van der Waals surface area (Å²) in [4.78, 5) is 26.6. The summed E-state index contributed by atoms with van der Waals surface area (Å²) in [6, 6.07) is 15.2. The van der Waals surface area contributed by atoms with Crippen LogP contribution in [-0.4, -0.2) is 32.4 Å². The number of nitrogens with zero attached hydrogens (tertiary/aromatic N) is 4. The number of ether oxygens (including phenoxy) is 1. The van der Waals surface area contributed by atoms with Crippen LogP contribution in [0.25, 0.3) is 21.6 Å². The van der Waals surface area contributed by atoms with Crippen LogP contribution in [0, 0.1) is 0 Å². The van der Waals surface area contributed by atoms with E-state index in [0.717, 1.165) is 16.5 Å². The van der Waals surface area contributed by atoms with Crippen molar-refractivity contribution in [3.63, 3.8) is 0 Å². The van der Waals surface area contributed by atoms with Gasteiger partial charge in [0.05, 0.1) is 12.0 Å². The SMILES string of the molecule is COc1ccc2c(c1)c(C(=O)c1cnc(-c3ccncn3)s1)cn2Cc1ccc(Cl)cc1. The summed E-state index contributed by atoms with van der Waals surface area (Å²) in [5.74, 6) is 0.609. The van der Waals surface area contributed by atoms with Gasteiger partial charge < -0.3 is 9.30 Å². The summed E-state index contributed by atoms with van der Waals surface area (Å²) in [6.07, 6.45) is 6.62. The Bertz CT molecular complexity index is 1410. The van der Waals surface area contributed by atoms with Crippen LogP contribution >= 0.6 is 22.9 Å². The first kappa shape index (κ1) is 20.4. The van der Waals surface area contributed by atoms with E-state index < -0.39 is 0 Å². The van der Waals surface area contributed by atoms with Crippen LogP contribution in [0.3, 0.4) is 0 Å². The van der Waals surface area contributed by atoms with Crippen LogP contribution in [0.2, 0.25) is 5.02 Å². The zero-order valence-electron chi connectivity index (χ0n) is 17.0. The predicted molar refractivity (Wildman–Crippen MR) is 126 cm³/mol.